The van der Waals surface area contributed by atoms with Crippen LogP contribution in [-0.4, -0.2) is 22.4 Å². The lowest BCUT2D eigenvalue weighted by Gasteiger charge is -2.21. The fourth-order valence-corrected chi connectivity index (χ4v) is 3.03. The number of ether oxygens (including phenoxy) is 1. The number of aryl methyl sites for hydroxylation is 2. The molecule has 1 unspecified atom stereocenters. The third-order valence-corrected chi connectivity index (χ3v) is 3.83. The zero-order valence-electron chi connectivity index (χ0n) is 12.2. The maximum absolute atomic E-state index is 11.5. The second kappa shape index (κ2) is 6.56. The van der Waals surface area contributed by atoms with Gasteiger partial charge in [-0.05, 0) is 33.1 Å². The second-order valence-corrected chi connectivity index (χ2v) is 5.18. The van der Waals surface area contributed by atoms with E-state index in [4.69, 9.17) is 10.00 Å². The normalized spacial score (nSPS) is 17.4. The molecule has 1 heterocycles. The molecule has 0 aliphatic heterocycles. The van der Waals surface area contributed by atoms with Crippen molar-refractivity contribution in [3.05, 3.63) is 17.0 Å². The first-order chi connectivity index (χ1) is 9.67. The van der Waals surface area contributed by atoms with Crippen molar-refractivity contribution in [3.63, 3.8) is 0 Å². The molecule has 0 saturated heterocycles. The number of esters is 1. The van der Waals surface area contributed by atoms with Crippen LogP contribution in [0.2, 0.25) is 0 Å². The first kappa shape index (κ1) is 14.6. The lowest BCUT2D eigenvalue weighted by atomic mass is 9.83. The van der Waals surface area contributed by atoms with Crippen LogP contribution < -0.4 is 0 Å². The molecule has 0 amide bonds. The molecule has 0 aromatic carbocycles. The Labute approximate surface area is 119 Å². The van der Waals surface area contributed by atoms with E-state index in [0.717, 1.165) is 25.0 Å². The van der Waals surface area contributed by atoms with Crippen LogP contribution in [0.15, 0.2) is 0 Å². The zero-order valence-corrected chi connectivity index (χ0v) is 12.2. The molecule has 20 heavy (non-hydrogen) atoms. The van der Waals surface area contributed by atoms with Crippen LogP contribution in [0.4, 0.5) is 0 Å². The quantitative estimate of drug-likeness (QED) is 0.774. The largest absolute Gasteiger partial charge is 0.466 e. The number of nitriles is 1. The number of hydrogen-bond donors (Lipinski definition) is 0. The van der Waals surface area contributed by atoms with Crippen molar-refractivity contribution in [3.8, 4) is 6.07 Å². The Kier molecular flexibility index (Phi) is 4.78. The van der Waals surface area contributed by atoms with Crippen molar-refractivity contribution in [2.24, 2.45) is 0 Å². The molecule has 2 rings (SSSR count). The Morgan fingerprint density at radius 2 is 2.40 bits per heavy atom. The summed E-state index contributed by atoms with van der Waals surface area (Å²) < 4.78 is 6.89. The minimum Gasteiger partial charge on any atom is -0.466 e. The van der Waals surface area contributed by atoms with Gasteiger partial charge in [-0.15, -0.1) is 0 Å². The first-order valence-corrected chi connectivity index (χ1v) is 7.26. The topological polar surface area (TPSA) is 67.9 Å². The standard InChI is InChI=1S/C15H21N3O2/c1-3-20-14(19)8-10-18-13-6-4-5-12(7-9-16)15(13)11(2)17-18/h12H,3-8,10H2,1-2H3. The molecule has 1 aromatic rings. The maximum Gasteiger partial charge on any atom is 0.307 e. The summed E-state index contributed by atoms with van der Waals surface area (Å²) in [4.78, 5) is 11.5. The van der Waals surface area contributed by atoms with Crippen molar-refractivity contribution in [2.75, 3.05) is 6.61 Å². The molecule has 108 valence electrons. The SMILES string of the molecule is CCOC(=O)CCn1nc(C)c2c1CCCC2CC#N. The van der Waals surface area contributed by atoms with Gasteiger partial charge in [-0.25, -0.2) is 0 Å². The van der Waals surface area contributed by atoms with Crippen LogP contribution >= 0.6 is 0 Å². The highest BCUT2D eigenvalue weighted by molar-refractivity contribution is 5.69. The van der Waals surface area contributed by atoms with E-state index in [9.17, 15) is 4.79 Å². The van der Waals surface area contributed by atoms with Crippen molar-refractivity contribution in [1.29, 1.82) is 5.26 Å². The fraction of sp³-hybridized carbons (Fsp3) is 0.667. The van der Waals surface area contributed by atoms with E-state index in [-0.39, 0.29) is 5.97 Å². The molecule has 0 radical (unpaired) electrons. The average Bonchev–Trinajstić information content (AvgIpc) is 2.75. The number of fused-ring (bicyclic) bond motifs is 1. The van der Waals surface area contributed by atoms with Crippen molar-refractivity contribution >= 4 is 5.97 Å². The molecule has 0 N–H and O–H groups in total. The molecule has 1 aromatic heterocycles. The molecule has 0 saturated carbocycles. The number of carbonyl (C=O) groups excluding carboxylic acids is 1. The van der Waals surface area contributed by atoms with Crippen LogP contribution in [0.1, 0.15) is 55.5 Å². The molecular weight excluding hydrogens is 254 g/mol. The molecule has 0 bridgehead atoms. The number of nitrogens with zero attached hydrogens (tertiary/aromatic N) is 3. The van der Waals surface area contributed by atoms with E-state index >= 15 is 0 Å². The maximum atomic E-state index is 11.5. The molecular formula is C15H21N3O2. The van der Waals surface area contributed by atoms with Gasteiger partial charge < -0.3 is 4.74 Å². The Balaban J connectivity index is 2.14. The molecule has 5 heteroatoms. The lowest BCUT2D eigenvalue weighted by molar-refractivity contribution is -0.143. The highest BCUT2D eigenvalue weighted by Crippen LogP contribution is 2.35. The number of hydrogen-bond acceptors (Lipinski definition) is 4. The molecule has 1 atom stereocenters. The van der Waals surface area contributed by atoms with E-state index in [1.165, 1.54) is 11.3 Å². The summed E-state index contributed by atoms with van der Waals surface area (Å²) in [5, 5.41) is 13.5. The summed E-state index contributed by atoms with van der Waals surface area (Å²) in [5.41, 5.74) is 3.45. The average molecular weight is 275 g/mol. The summed E-state index contributed by atoms with van der Waals surface area (Å²) in [6, 6.07) is 2.27. The van der Waals surface area contributed by atoms with Gasteiger partial charge in [0.25, 0.3) is 0 Å². The van der Waals surface area contributed by atoms with Gasteiger partial charge in [-0.3, -0.25) is 9.48 Å². The predicted molar refractivity (Wildman–Crippen MR) is 74.1 cm³/mol. The van der Waals surface area contributed by atoms with Crippen molar-refractivity contribution < 1.29 is 9.53 Å². The summed E-state index contributed by atoms with van der Waals surface area (Å²) in [7, 11) is 0. The second-order valence-electron chi connectivity index (χ2n) is 5.18. The predicted octanol–water partition coefficient (Wildman–Crippen LogP) is 2.48. The van der Waals surface area contributed by atoms with Gasteiger partial charge >= 0.3 is 5.97 Å². The number of aromatic nitrogens is 2. The van der Waals surface area contributed by atoms with E-state index in [1.54, 1.807) is 0 Å². The minimum absolute atomic E-state index is 0.182. The minimum atomic E-state index is -0.182. The van der Waals surface area contributed by atoms with Gasteiger partial charge in [-0.1, -0.05) is 0 Å². The van der Waals surface area contributed by atoms with Crippen molar-refractivity contribution in [1.82, 2.24) is 9.78 Å². The van der Waals surface area contributed by atoms with Crippen LogP contribution in [0.25, 0.3) is 0 Å². The van der Waals surface area contributed by atoms with E-state index in [0.29, 0.717) is 31.9 Å². The number of rotatable bonds is 5. The molecule has 0 spiro atoms. The molecule has 0 fully saturated rings. The highest BCUT2D eigenvalue weighted by atomic mass is 16.5. The van der Waals surface area contributed by atoms with Gasteiger partial charge in [0.2, 0.25) is 0 Å². The summed E-state index contributed by atoms with van der Waals surface area (Å²) in [5.74, 6) is 0.124. The molecule has 1 aliphatic carbocycles. The lowest BCUT2D eigenvalue weighted by Crippen LogP contribution is -2.15. The van der Waals surface area contributed by atoms with Crippen molar-refractivity contribution in [2.45, 2.75) is 58.4 Å². The Morgan fingerprint density at radius 1 is 1.60 bits per heavy atom. The van der Waals surface area contributed by atoms with Crippen LogP contribution in [0.5, 0.6) is 0 Å². The van der Waals surface area contributed by atoms with Crippen LogP contribution in [0.3, 0.4) is 0 Å². The van der Waals surface area contributed by atoms with E-state index < -0.39 is 0 Å². The summed E-state index contributed by atoms with van der Waals surface area (Å²) >= 11 is 0. The third kappa shape index (κ3) is 3.01. The molecule has 1 aliphatic rings. The monoisotopic (exact) mass is 275 g/mol. The van der Waals surface area contributed by atoms with Crippen LogP contribution in [0, 0.1) is 18.3 Å². The smallest absolute Gasteiger partial charge is 0.307 e. The Bertz CT molecular complexity index is 528. The highest BCUT2D eigenvalue weighted by Gasteiger charge is 2.26. The van der Waals surface area contributed by atoms with E-state index in [1.807, 2.05) is 18.5 Å². The third-order valence-electron chi connectivity index (χ3n) is 3.83. The van der Waals surface area contributed by atoms with E-state index in [2.05, 4.69) is 11.2 Å². The van der Waals surface area contributed by atoms with Crippen LogP contribution in [-0.2, 0) is 22.5 Å². The molecule has 5 nitrogen and oxygen atoms in total. The number of carbonyl (C=O) groups is 1. The van der Waals surface area contributed by atoms with Gasteiger partial charge in [0.1, 0.15) is 0 Å². The Morgan fingerprint density at radius 3 is 3.10 bits per heavy atom. The fourth-order valence-electron chi connectivity index (χ4n) is 3.03. The van der Waals surface area contributed by atoms with Gasteiger partial charge in [0.05, 0.1) is 31.3 Å². The van der Waals surface area contributed by atoms with Gasteiger partial charge in [0.15, 0.2) is 0 Å². The Hall–Kier alpha value is -1.83. The first-order valence-electron chi connectivity index (χ1n) is 7.26. The summed E-state index contributed by atoms with van der Waals surface area (Å²) in [6.07, 6.45) is 4.04. The zero-order chi connectivity index (χ0) is 14.5. The van der Waals surface area contributed by atoms with Gasteiger partial charge in [0, 0.05) is 23.6 Å². The summed E-state index contributed by atoms with van der Waals surface area (Å²) in [6.45, 7) is 4.79. The van der Waals surface area contributed by atoms with Gasteiger partial charge in [-0.2, -0.15) is 10.4 Å².